The van der Waals surface area contributed by atoms with E-state index in [9.17, 15) is 0 Å². The zero-order valence-electron chi connectivity index (χ0n) is 11.8. The first-order valence-electron chi connectivity index (χ1n) is 7.67. The van der Waals surface area contributed by atoms with Crippen LogP contribution < -0.4 is 5.73 Å². The predicted octanol–water partition coefficient (Wildman–Crippen LogP) is 3.49. The lowest BCUT2D eigenvalue weighted by molar-refractivity contribution is 0.0456. The van der Waals surface area contributed by atoms with Gasteiger partial charge in [-0.1, -0.05) is 38.4 Å². The van der Waals surface area contributed by atoms with Crippen molar-refractivity contribution >= 4 is 17.2 Å². The van der Waals surface area contributed by atoms with Crippen molar-refractivity contribution in [3.8, 4) is 0 Å². The molecule has 2 fully saturated rings. The van der Waals surface area contributed by atoms with E-state index in [0.29, 0.717) is 16.4 Å². The van der Waals surface area contributed by atoms with E-state index in [1.807, 2.05) is 0 Å². The molecule has 0 aromatic carbocycles. The van der Waals surface area contributed by atoms with Gasteiger partial charge in [-0.3, -0.25) is 4.90 Å². The average Bonchev–Trinajstić information content (AvgIpc) is 2.38. The number of hydrogen-bond donors (Lipinski definition) is 1. The molecule has 0 aromatic heterocycles. The van der Waals surface area contributed by atoms with Gasteiger partial charge in [-0.2, -0.15) is 0 Å². The number of likely N-dealkylation sites (tertiary alicyclic amines) is 1. The van der Waals surface area contributed by atoms with Crippen molar-refractivity contribution in [3.05, 3.63) is 0 Å². The topological polar surface area (TPSA) is 29.3 Å². The molecule has 2 nitrogen and oxygen atoms in total. The molecule has 18 heavy (non-hydrogen) atoms. The minimum atomic E-state index is 0.587. The maximum atomic E-state index is 5.72. The molecule has 2 aliphatic rings. The summed E-state index contributed by atoms with van der Waals surface area (Å²) in [6.07, 6.45) is 12.2. The number of nitrogens with zero attached hydrogens (tertiary/aromatic N) is 1. The molecule has 0 amide bonds. The third kappa shape index (κ3) is 3.45. The zero-order chi connectivity index (χ0) is 13.0. The number of thiocarbonyl (C=S) groups is 1. The van der Waals surface area contributed by atoms with E-state index in [4.69, 9.17) is 18.0 Å². The van der Waals surface area contributed by atoms with Gasteiger partial charge in [0.1, 0.15) is 0 Å². The largest absolute Gasteiger partial charge is 0.393 e. The van der Waals surface area contributed by atoms with E-state index in [1.54, 1.807) is 0 Å². The van der Waals surface area contributed by atoms with Gasteiger partial charge in [0.05, 0.1) is 4.99 Å². The lowest BCUT2D eigenvalue weighted by atomic mass is 9.68. The Balaban J connectivity index is 1.86. The van der Waals surface area contributed by atoms with Crippen molar-refractivity contribution < 1.29 is 0 Å². The summed E-state index contributed by atoms with van der Waals surface area (Å²) in [4.78, 5) is 3.32. The Hall–Kier alpha value is -0.150. The monoisotopic (exact) mass is 268 g/mol. The van der Waals surface area contributed by atoms with Crippen molar-refractivity contribution in [3.63, 3.8) is 0 Å². The second kappa shape index (κ2) is 6.33. The molecule has 1 aliphatic carbocycles. The van der Waals surface area contributed by atoms with Gasteiger partial charge >= 0.3 is 0 Å². The molecule has 3 heteroatoms. The minimum Gasteiger partial charge on any atom is -0.393 e. The summed E-state index contributed by atoms with van der Waals surface area (Å²) < 4.78 is 0. The first-order chi connectivity index (χ1) is 8.65. The Morgan fingerprint density at radius 2 is 1.78 bits per heavy atom. The Morgan fingerprint density at radius 3 is 2.28 bits per heavy atom. The highest BCUT2D eigenvalue weighted by Gasteiger charge is 2.36. The lowest BCUT2D eigenvalue weighted by Gasteiger charge is -2.46. The van der Waals surface area contributed by atoms with Crippen LogP contribution in [0.4, 0.5) is 0 Å². The van der Waals surface area contributed by atoms with Crippen LogP contribution in [0.3, 0.4) is 0 Å². The van der Waals surface area contributed by atoms with Crippen molar-refractivity contribution in [2.24, 2.45) is 11.1 Å². The van der Waals surface area contributed by atoms with E-state index in [0.717, 1.165) is 6.42 Å². The van der Waals surface area contributed by atoms with Gasteiger partial charge < -0.3 is 5.73 Å². The SMILES string of the molecule is CCC(CC(N)=S)N1CCC2(CCCCC2)CC1. The molecule has 1 unspecified atom stereocenters. The third-order valence-corrected chi connectivity index (χ3v) is 5.36. The fourth-order valence-corrected chi connectivity index (χ4v) is 4.12. The van der Waals surface area contributed by atoms with Gasteiger partial charge in [0.2, 0.25) is 0 Å². The molecular weight excluding hydrogens is 240 g/mol. The first-order valence-corrected chi connectivity index (χ1v) is 8.08. The van der Waals surface area contributed by atoms with Crippen LogP contribution in [0.2, 0.25) is 0 Å². The highest BCUT2D eigenvalue weighted by molar-refractivity contribution is 7.80. The molecule has 1 atom stereocenters. The molecule has 1 saturated heterocycles. The van der Waals surface area contributed by atoms with Crippen molar-refractivity contribution in [1.29, 1.82) is 0 Å². The van der Waals surface area contributed by atoms with Crippen LogP contribution in [0.25, 0.3) is 0 Å². The van der Waals surface area contributed by atoms with E-state index in [1.165, 1.54) is 64.5 Å². The normalized spacial score (nSPS) is 26.1. The smallest absolute Gasteiger partial charge is 0.0743 e. The Labute approximate surface area is 117 Å². The van der Waals surface area contributed by atoms with E-state index >= 15 is 0 Å². The maximum absolute atomic E-state index is 5.72. The highest BCUT2D eigenvalue weighted by Crippen LogP contribution is 2.44. The molecule has 1 saturated carbocycles. The van der Waals surface area contributed by atoms with Crippen LogP contribution in [0.15, 0.2) is 0 Å². The number of nitrogens with two attached hydrogens (primary N) is 1. The minimum absolute atomic E-state index is 0.587. The fraction of sp³-hybridized carbons (Fsp3) is 0.933. The van der Waals surface area contributed by atoms with Crippen LogP contribution in [0, 0.1) is 5.41 Å². The van der Waals surface area contributed by atoms with Gasteiger partial charge in [-0.05, 0) is 50.6 Å². The van der Waals surface area contributed by atoms with E-state index in [-0.39, 0.29) is 0 Å². The summed E-state index contributed by atoms with van der Waals surface area (Å²) in [6, 6.07) is 0.587. The zero-order valence-corrected chi connectivity index (χ0v) is 12.6. The van der Waals surface area contributed by atoms with Gasteiger partial charge in [-0.15, -0.1) is 0 Å². The van der Waals surface area contributed by atoms with Gasteiger partial charge in [0.25, 0.3) is 0 Å². The van der Waals surface area contributed by atoms with Crippen molar-refractivity contribution in [2.75, 3.05) is 13.1 Å². The van der Waals surface area contributed by atoms with Crippen molar-refractivity contribution in [2.45, 2.75) is 70.8 Å². The van der Waals surface area contributed by atoms with Crippen LogP contribution in [-0.2, 0) is 0 Å². The van der Waals surface area contributed by atoms with Crippen molar-refractivity contribution in [1.82, 2.24) is 4.90 Å². The average molecular weight is 268 g/mol. The molecule has 2 rings (SSSR count). The summed E-state index contributed by atoms with van der Waals surface area (Å²) in [5.74, 6) is 0. The van der Waals surface area contributed by atoms with Crippen LogP contribution in [0.5, 0.6) is 0 Å². The molecule has 0 radical (unpaired) electrons. The second-order valence-corrected chi connectivity index (χ2v) is 6.85. The third-order valence-electron chi connectivity index (χ3n) is 5.20. The van der Waals surface area contributed by atoms with Gasteiger partial charge in [0.15, 0.2) is 0 Å². The second-order valence-electron chi connectivity index (χ2n) is 6.33. The number of rotatable bonds is 4. The predicted molar refractivity (Wildman–Crippen MR) is 81.8 cm³/mol. The molecule has 104 valence electrons. The van der Waals surface area contributed by atoms with E-state index < -0.39 is 0 Å². The molecule has 1 heterocycles. The molecule has 0 aromatic rings. The molecule has 0 bridgehead atoms. The summed E-state index contributed by atoms with van der Waals surface area (Å²) >= 11 is 5.08. The maximum Gasteiger partial charge on any atom is 0.0743 e. The molecule has 2 N–H and O–H groups in total. The highest BCUT2D eigenvalue weighted by atomic mass is 32.1. The summed E-state index contributed by atoms with van der Waals surface area (Å²) in [5.41, 5.74) is 6.42. The van der Waals surface area contributed by atoms with Crippen LogP contribution in [-0.4, -0.2) is 29.0 Å². The number of piperidine rings is 1. The van der Waals surface area contributed by atoms with E-state index in [2.05, 4.69) is 11.8 Å². The summed E-state index contributed by atoms with van der Waals surface area (Å²) in [6.45, 7) is 4.79. The van der Waals surface area contributed by atoms with Crippen LogP contribution >= 0.6 is 12.2 Å². The molecular formula is C15H28N2S. The fourth-order valence-electron chi connectivity index (χ4n) is 3.93. The van der Waals surface area contributed by atoms with Crippen LogP contribution in [0.1, 0.15) is 64.7 Å². The standard InChI is InChI=1S/C15H28N2S/c1-2-13(12-14(16)18)17-10-8-15(9-11-17)6-4-3-5-7-15/h13H,2-12H2,1H3,(H2,16,18). The summed E-state index contributed by atoms with van der Waals surface area (Å²) in [5, 5.41) is 0. The van der Waals surface area contributed by atoms with Gasteiger partial charge in [0, 0.05) is 12.5 Å². The van der Waals surface area contributed by atoms with Gasteiger partial charge in [-0.25, -0.2) is 0 Å². The lowest BCUT2D eigenvalue weighted by Crippen LogP contribution is -2.46. The quantitative estimate of drug-likeness (QED) is 0.791. The number of hydrogen-bond acceptors (Lipinski definition) is 2. The Kier molecular flexibility index (Phi) is 5.02. The molecule has 1 spiro atoms. The first kappa shape index (κ1) is 14.3. The Morgan fingerprint density at radius 1 is 1.17 bits per heavy atom. The molecule has 1 aliphatic heterocycles. The summed E-state index contributed by atoms with van der Waals surface area (Å²) in [7, 11) is 0. The Bertz CT molecular complexity index is 274.